The summed E-state index contributed by atoms with van der Waals surface area (Å²) in [5.74, 6) is -1.24. The lowest BCUT2D eigenvalue weighted by Gasteiger charge is -2.12. The van der Waals surface area contributed by atoms with E-state index >= 15 is 0 Å². The first-order valence-corrected chi connectivity index (χ1v) is 9.37. The van der Waals surface area contributed by atoms with E-state index in [1.807, 2.05) is 17.5 Å². The Kier molecular flexibility index (Phi) is 6.27. The van der Waals surface area contributed by atoms with Crippen LogP contribution in [0.5, 0.6) is 0 Å². The van der Waals surface area contributed by atoms with Crippen molar-refractivity contribution in [2.24, 2.45) is 0 Å². The number of nitrogens with one attached hydrogen (secondary N) is 2. The van der Waals surface area contributed by atoms with Crippen LogP contribution >= 0.6 is 11.3 Å². The van der Waals surface area contributed by atoms with Gasteiger partial charge in [0.2, 0.25) is 0 Å². The number of amides is 2. The van der Waals surface area contributed by atoms with E-state index in [1.165, 1.54) is 34.3 Å². The van der Waals surface area contributed by atoms with Crippen LogP contribution in [0.3, 0.4) is 0 Å². The van der Waals surface area contributed by atoms with E-state index in [1.54, 1.807) is 0 Å². The van der Waals surface area contributed by atoms with Crippen LogP contribution in [0.4, 0.5) is 13.2 Å². The van der Waals surface area contributed by atoms with Crippen LogP contribution in [0.25, 0.3) is 0 Å². The molecule has 0 saturated heterocycles. The normalized spacial score (nSPS) is 11.3. The van der Waals surface area contributed by atoms with Gasteiger partial charge in [0, 0.05) is 11.4 Å². The molecule has 2 heterocycles. The lowest BCUT2D eigenvalue weighted by atomic mass is 10.1. The molecular weight excluding hydrogens is 407 g/mol. The van der Waals surface area contributed by atoms with E-state index in [4.69, 9.17) is 0 Å². The summed E-state index contributed by atoms with van der Waals surface area (Å²) in [5, 5.41) is 14.6. The molecule has 2 amide bonds. The van der Waals surface area contributed by atoms with Crippen molar-refractivity contribution < 1.29 is 22.8 Å². The molecule has 2 N–H and O–H groups in total. The molecule has 0 aliphatic rings. The zero-order valence-electron chi connectivity index (χ0n) is 14.9. The first kappa shape index (κ1) is 20.5. The van der Waals surface area contributed by atoms with Crippen molar-refractivity contribution in [1.29, 1.82) is 0 Å². The van der Waals surface area contributed by atoms with Gasteiger partial charge in [0.1, 0.15) is 0 Å². The second-order valence-corrected chi connectivity index (χ2v) is 6.96. The number of carbonyl (C=O) groups excluding carboxylic acids is 2. The number of alkyl halides is 3. The van der Waals surface area contributed by atoms with Crippen molar-refractivity contribution in [2.75, 3.05) is 6.54 Å². The fraction of sp³-hybridized carbons (Fsp3) is 0.222. The van der Waals surface area contributed by atoms with Crippen molar-refractivity contribution in [3.05, 3.63) is 69.7 Å². The number of hydrogen-bond donors (Lipinski definition) is 2. The van der Waals surface area contributed by atoms with Gasteiger partial charge in [0.25, 0.3) is 11.8 Å². The summed E-state index contributed by atoms with van der Waals surface area (Å²) in [5.41, 5.74) is -1.34. The number of halogens is 3. The maximum absolute atomic E-state index is 13.0. The highest BCUT2D eigenvalue weighted by atomic mass is 32.1. The molecule has 7 nitrogen and oxygen atoms in total. The molecule has 29 heavy (non-hydrogen) atoms. The topological polar surface area (TPSA) is 88.9 Å². The number of rotatable bonds is 7. The van der Waals surface area contributed by atoms with Gasteiger partial charge in [-0.2, -0.15) is 13.2 Å². The summed E-state index contributed by atoms with van der Waals surface area (Å²) in [7, 11) is 0. The molecule has 0 unspecified atom stereocenters. The minimum Gasteiger partial charge on any atom is -0.350 e. The number of nitrogens with zero attached hydrogens (tertiary/aromatic N) is 3. The van der Waals surface area contributed by atoms with Crippen molar-refractivity contribution in [2.45, 2.75) is 19.3 Å². The van der Waals surface area contributed by atoms with Crippen molar-refractivity contribution in [3.63, 3.8) is 0 Å². The van der Waals surface area contributed by atoms with Crippen LogP contribution in [-0.2, 0) is 19.3 Å². The maximum atomic E-state index is 13.0. The third-order valence-corrected chi connectivity index (χ3v) is 4.75. The molecule has 0 aliphatic carbocycles. The molecule has 0 saturated carbocycles. The molecule has 0 bridgehead atoms. The van der Waals surface area contributed by atoms with Gasteiger partial charge in [0.05, 0.1) is 30.4 Å². The molecule has 0 radical (unpaired) electrons. The average Bonchev–Trinajstić information content (AvgIpc) is 3.37. The molecule has 11 heteroatoms. The Bertz CT molecular complexity index is 986. The molecule has 0 atom stereocenters. The van der Waals surface area contributed by atoms with Crippen molar-refractivity contribution >= 4 is 23.2 Å². The van der Waals surface area contributed by atoms with Gasteiger partial charge in [-0.3, -0.25) is 9.59 Å². The minimum absolute atomic E-state index is 0.0185. The van der Waals surface area contributed by atoms with E-state index in [2.05, 4.69) is 20.9 Å². The fourth-order valence-corrected chi connectivity index (χ4v) is 3.13. The molecule has 0 fully saturated rings. The Balaban J connectivity index is 1.51. The summed E-state index contributed by atoms with van der Waals surface area (Å²) >= 11 is 1.51. The van der Waals surface area contributed by atoms with Gasteiger partial charge in [-0.05, 0) is 23.6 Å². The lowest BCUT2D eigenvalue weighted by molar-refractivity contribution is -0.137. The van der Waals surface area contributed by atoms with Gasteiger partial charge in [-0.1, -0.05) is 23.4 Å². The molecule has 3 aromatic rings. The Morgan fingerprint density at radius 1 is 1.07 bits per heavy atom. The average molecular weight is 423 g/mol. The number of carbonyl (C=O) groups is 2. The van der Waals surface area contributed by atoms with E-state index in [9.17, 15) is 22.8 Å². The Morgan fingerprint density at radius 3 is 2.59 bits per heavy atom. The standard InChI is InChI=1S/C18H16F3N5O2S/c19-18(20,21)14-6-2-1-5-13(14)16(27)22-7-8-26-11-15(24-25-26)17(28)23-10-12-4-3-9-29-12/h1-6,9,11H,7-8,10H2,(H,22,27)(H,23,28). The SMILES string of the molecule is O=C(NCc1cccs1)c1cn(CCNC(=O)c2ccccc2C(F)(F)F)nn1. The van der Waals surface area contributed by atoms with E-state index in [0.717, 1.165) is 17.0 Å². The van der Waals surface area contributed by atoms with Crippen molar-refractivity contribution in [1.82, 2.24) is 25.6 Å². The second kappa shape index (κ2) is 8.86. The maximum Gasteiger partial charge on any atom is 0.417 e. The van der Waals surface area contributed by atoms with Gasteiger partial charge >= 0.3 is 6.18 Å². The number of benzene rings is 1. The quantitative estimate of drug-likeness (QED) is 0.612. The Morgan fingerprint density at radius 2 is 1.86 bits per heavy atom. The highest BCUT2D eigenvalue weighted by Crippen LogP contribution is 2.31. The number of thiophene rings is 1. The zero-order valence-corrected chi connectivity index (χ0v) is 15.8. The summed E-state index contributed by atoms with van der Waals surface area (Å²) in [6.45, 7) is 0.536. The molecule has 0 spiro atoms. The summed E-state index contributed by atoms with van der Waals surface area (Å²) in [6, 6.07) is 8.32. The Hall–Kier alpha value is -3.21. The lowest BCUT2D eigenvalue weighted by Crippen LogP contribution is -2.29. The fourth-order valence-electron chi connectivity index (χ4n) is 2.49. The van der Waals surface area contributed by atoms with E-state index in [-0.39, 0.29) is 18.8 Å². The highest BCUT2D eigenvalue weighted by Gasteiger charge is 2.34. The third-order valence-electron chi connectivity index (χ3n) is 3.88. The van der Waals surface area contributed by atoms with E-state index in [0.29, 0.717) is 6.54 Å². The third kappa shape index (κ3) is 5.41. The molecule has 0 aliphatic heterocycles. The molecule has 1 aromatic carbocycles. The smallest absolute Gasteiger partial charge is 0.350 e. The van der Waals surface area contributed by atoms with Gasteiger partial charge in [0.15, 0.2) is 5.69 Å². The predicted octanol–water partition coefficient (Wildman–Crippen LogP) is 2.72. The Labute approximate surface area is 167 Å². The molecule has 152 valence electrons. The second-order valence-electron chi connectivity index (χ2n) is 5.93. The van der Waals surface area contributed by atoms with E-state index < -0.39 is 29.1 Å². The highest BCUT2D eigenvalue weighted by molar-refractivity contribution is 7.09. The molecular formula is C18H16F3N5O2S. The van der Waals surface area contributed by atoms with Crippen LogP contribution in [0.2, 0.25) is 0 Å². The van der Waals surface area contributed by atoms with Crippen LogP contribution in [0.15, 0.2) is 48.0 Å². The zero-order chi connectivity index (χ0) is 20.9. The van der Waals surface area contributed by atoms with Gasteiger partial charge < -0.3 is 10.6 Å². The number of hydrogen-bond acceptors (Lipinski definition) is 5. The first-order valence-electron chi connectivity index (χ1n) is 8.50. The largest absolute Gasteiger partial charge is 0.417 e. The van der Waals surface area contributed by atoms with Crippen LogP contribution < -0.4 is 10.6 Å². The predicted molar refractivity (Wildman–Crippen MR) is 99.3 cm³/mol. The van der Waals surface area contributed by atoms with Crippen molar-refractivity contribution in [3.8, 4) is 0 Å². The van der Waals surface area contributed by atoms with Crippen LogP contribution in [0.1, 0.15) is 31.3 Å². The van der Waals surface area contributed by atoms with Gasteiger partial charge in [-0.25, -0.2) is 4.68 Å². The number of aromatic nitrogens is 3. The molecule has 2 aromatic heterocycles. The summed E-state index contributed by atoms with van der Waals surface area (Å²) in [6.07, 6.45) is -3.22. The van der Waals surface area contributed by atoms with Gasteiger partial charge in [-0.15, -0.1) is 16.4 Å². The minimum atomic E-state index is -4.62. The van der Waals surface area contributed by atoms with Crippen LogP contribution in [-0.4, -0.2) is 33.4 Å². The monoisotopic (exact) mass is 423 g/mol. The van der Waals surface area contributed by atoms with Crippen LogP contribution in [0, 0.1) is 0 Å². The molecule has 3 rings (SSSR count). The summed E-state index contributed by atoms with van der Waals surface area (Å²) in [4.78, 5) is 25.1. The summed E-state index contributed by atoms with van der Waals surface area (Å²) < 4.78 is 40.3. The first-order chi connectivity index (χ1) is 13.8.